The summed E-state index contributed by atoms with van der Waals surface area (Å²) in [6.45, 7) is 2.39. The number of nitrogens with one attached hydrogen (secondary N) is 2. The van der Waals surface area contributed by atoms with E-state index in [2.05, 4.69) is 15.6 Å². The van der Waals surface area contributed by atoms with E-state index in [1.54, 1.807) is 29.0 Å². The summed E-state index contributed by atoms with van der Waals surface area (Å²) < 4.78 is 20.9. The van der Waals surface area contributed by atoms with Gasteiger partial charge >= 0.3 is 0 Å². The summed E-state index contributed by atoms with van der Waals surface area (Å²) in [6, 6.07) is 7.57. The van der Waals surface area contributed by atoms with Crippen LogP contribution < -0.4 is 15.4 Å². The topological polar surface area (TPSA) is 129 Å². The largest absolute Gasteiger partial charge is 0.494 e. The highest BCUT2D eigenvalue weighted by atomic mass is 35.5. The Kier molecular flexibility index (Phi) is 8.93. The molecule has 3 heterocycles. The number of benzene rings is 2. The third-order valence-electron chi connectivity index (χ3n) is 7.87. The van der Waals surface area contributed by atoms with E-state index in [9.17, 15) is 23.9 Å². The molecule has 43 heavy (non-hydrogen) atoms. The average molecular weight is 634 g/mol. The molecule has 2 aliphatic heterocycles. The quantitative estimate of drug-likeness (QED) is 0.381. The van der Waals surface area contributed by atoms with Crippen LogP contribution in [0.15, 0.2) is 36.5 Å². The van der Waals surface area contributed by atoms with Gasteiger partial charge in [0.25, 0.3) is 17.7 Å². The first-order valence-electron chi connectivity index (χ1n) is 13.7. The first-order chi connectivity index (χ1) is 20.5. The highest BCUT2D eigenvalue weighted by molar-refractivity contribution is 6.34. The fourth-order valence-electron chi connectivity index (χ4n) is 5.34. The number of aliphatic hydroxyl groups is 1. The van der Waals surface area contributed by atoms with Crippen LogP contribution in [-0.4, -0.2) is 94.2 Å². The molecular formula is C29H31Cl2FN6O5. The van der Waals surface area contributed by atoms with Gasteiger partial charge in [0, 0.05) is 44.5 Å². The van der Waals surface area contributed by atoms with Gasteiger partial charge in [-0.05, 0) is 56.3 Å². The van der Waals surface area contributed by atoms with E-state index in [1.807, 2.05) is 0 Å². The highest BCUT2D eigenvalue weighted by Crippen LogP contribution is 2.35. The van der Waals surface area contributed by atoms with Crippen LogP contribution >= 0.6 is 23.2 Å². The predicted molar refractivity (Wildman–Crippen MR) is 159 cm³/mol. The van der Waals surface area contributed by atoms with Crippen molar-refractivity contribution >= 4 is 46.6 Å². The number of nitrogens with zero attached hydrogens (tertiary/aromatic N) is 4. The van der Waals surface area contributed by atoms with Crippen molar-refractivity contribution in [1.29, 1.82) is 0 Å². The van der Waals surface area contributed by atoms with Crippen molar-refractivity contribution < 1.29 is 28.6 Å². The first-order valence-corrected chi connectivity index (χ1v) is 14.5. The number of piperidine rings is 1. The second-order valence-corrected chi connectivity index (χ2v) is 11.3. The Morgan fingerprint density at radius 2 is 1.74 bits per heavy atom. The van der Waals surface area contributed by atoms with E-state index in [1.165, 1.54) is 36.1 Å². The van der Waals surface area contributed by atoms with Crippen LogP contribution in [0.4, 0.5) is 10.1 Å². The van der Waals surface area contributed by atoms with Crippen LogP contribution in [0.5, 0.6) is 5.75 Å². The van der Waals surface area contributed by atoms with Gasteiger partial charge in [-0.3, -0.25) is 14.4 Å². The average Bonchev–Trinajstić information content (AvgIpc) is 3.39. The van der Waals surface area contributed by atoms with Gasteiger partial charge in [0.15, 0.2) is 17.4 Å². The second kappa shape index (κ2) is 12.5. The van der Waals surface area contributed by atoms with Gasteiger partial charge < -0.3 is 34.8 Å². The van der Waals surface area contributed by atoms with Gasteiger partial charge in [-0.2, -0.15) is 0 Å². The lowest BCUT2D eigenvalue weighted by Gasteiger charge is -2.40. The van der Waals surface area contributed by atoms with Crippen molar-refractivity contribution in [2.45, 2.75) is 18.4 Å². The number of amides is 3. The van der Waals surface area contributed by atoms with Gasteiger partial charge in [0.2, 0.25) is 0 Å². The number of carbonyl (C=O) groups excluding carboxylic acids is 3. The summed E-state index contributed by atoms with van der Waals surface area (Å²) in [4.78, 5) is 46.6. The van der Waals surface area contributed by atoms with Crippen LogP contribution in [0.3, 0.4) is 0 Å². The minimum atomic E-state index is -1.36. The molecule has 0 aliphatic carbocycles. The normalized spacial score (nSPS) is 16.6. The Bertz CT molecular complexity index is 1570. The summed E-state index contributed by atoms with van der Waals surface area (Å²) in [5.74, 6) is -1.82. The number of imidazole rings is 1. The molecule has 11 nitrogen and oxygen atoms in total. The molecule has 2 fully saturated rings. The molecular weight excluding hydrogens is 602 g/mol. The SMILES string of the molecule is COc1ccc(-c2cnc(C(=O)Nc3ccc(C(=O)N4CCN(C(=O)C5(O)CCNCC5)CC4)c(Cl)c3)n2C)c(Cl)c1F. The van der Waals surface area contributed by atoms with Gasteiger partial charge in [-0.1, -0.05) is 23.2 Å². The van der Waals surface area contributed by atoms with E-state index in [0.29, 0.717) is 69.1 Å². The third kappa shape index (κ3) is 6.05. The number of hydrogen-bond acceptors (Lipinski definition) is 7. The van der Waals surface area contributed by atoms with Crippen LogP contribution in [-0.2, 0) is 11.8 Å². The summed E-state index contributed by atoms with van der Waals surface area (Å²) in [7, 11) is 2.94. The highest BCUT2D eigenvalue weighted by Gasteiger charge is 2.41. The molecule has 2 aliphatic rings. The number of piperazine rings is 1. The second-order valence-electron chi connectivity index (χ2n) is 10.5. The zero-order chi connectivity index (χ0) is 30.9. The van der Waals surface area contributed by atoms with Gasteiger partial charge in [0.1, 0.15) is 5.60 Å². The number of aromatic nitrogens is 2. The zero-order valence-electron chi connectivity index (χ0n) is 23.6. The number of carbonyl (C=O) groups is 3. The molecule has 0 bridgehead atoms. The fraction of sp³-hybridized carbons (Fsp3) is 0.379. The standard InChI is InChI=1S/C29H31Cl2FN6O5/c1-36-21(19-5-6-22(43-2)24(32)23(19)31)16-34-25(36)26(39)35-17-3-4-18(20(30)15-17)27(40)37-11-13-38(14-12-37)28(41)29(42)7-9-33-10-8-29/h3-6,15-16,33,42H,7-14H2,1-2H3,(H,35,39). The Balaban J connectivity index is 1.22. The Hall–Kier alpha value is -3.71. The number of halogens is 3. The summed E-state index contributed by atoms with van der Waals surface area (Å²) in [5, 5.41) is 16.6. The Labute approximate surface area is 257 Å². The zero-order valence-corrected chi connectivity index (χ0v) is 25.1. The van der Waals surface area contributed by atoms with Crippen molar-refractivity contribution in [3.63, 3.8) is 0 Å². The predicted octanol–water partition coefficient (Wildman–Crippen LogP) is 3.19. The van der Waals surface area contributed by atoms with E-state index in [4.69, 9.17) is 27.9 Å². The fourth-order valence-corrected chi connectivity index (χ4v) is 5.86. The van der Waals surface area contributed by atoms with E-state index < -0.39 is 17.3 Å². The molecule has 3 N–H and O–H groups in total. The monoisotopic (exact) mass is 632 g/mol. The molecule has 228 valence electrons. The number of methoxy groups -OCH3 is 1. The third-order valence-corrected chi connectivity index (χ3v) is 8.56. The molecule has 14 heteroatoms. The molecule has 0 saturated carbocycles. The molecule has 5 rings (SSSR count). The minimum absolute atomic E-state index is 0.00252. The van der Waals surface area contributed by atoms with E-state index in [0.717, 1.165) is 0 Å². The van der Waals surface area contributed by atoms with Crippen molar-refractivity contribution in [3.8, 4) is 17.0 Å². The molecule has 1 aromatic heterocycles. The maximum atomic E-state index is 14.5. The molecule has 3 aromatic rings. The summed E-state index contributed by atoms with van der Waals surface area (Å²) in [5.41, 5.74) is -0.00480. The first kappa shape index (κ1) is 30.7. The molecule has 2 aromatic carbocycles. The molecule has 0 radical (unpaired) electrons. The van der Waals surface area contributed by atoms with Gasteiger partial charge in [-0.15, -0.1) is 0 Å². The van der Waals surface area contributed by atoms with Crippen molar-refractivity contribution in [3.05, 3.63) is 63.8 Å². The van der Waals surface area contributed by atoms with E-state index in [-0.39, 0.29) is 39.0 Å². The number of rotatable bonds is 6. The van der Waals surface area contributed by atoms with Crippen molar-refractivity contribution in [2.75, 3.05) is 51.7 Å². The van der Waals surface area contributed by atoms with Crippen LogP contribution in [0.2, 0.25) is 10.0 Å². The molecule has 2 saturated heterocycles. The Morgan fingerprint density at radius 1 is 1.07 bits per heavy atom. The van der Waals surface area contributed by atoms with Gasteiger partial charge in [-0.25, -0.2) is 9.37 Å². The molecule has 0 atom stereocenters. The van der Waals surface area contributed by atoms with Crippen molar-refractivity contribution in [1.82, 2.24) is 24.7 Å². The molecule has 3 amide bonds. The summed E-state index contributed by atoms with van der Waals surface area (Å²) in [6.07, 6.45) is 2.14. The lowest BCUT2D eigenvalue weighted by atomic mass is 9.90. The van der Waals surface area contributed by atoms with Crippen LogP contribution in [0, 0.1) is 5.82 Å². The van der Waals surface area contributed by atoms with Crippen molar-refractivity contribution in [2.24, 2.45) is 7.05 Å². The minimum Gasteiger partial charge on any atom is -0.494 e. The van der Waals surface area contributed by atoms with E-state index >= 15 is 0 Å². The molecule has 0 spiro atoms. The van der Waals surface area contributed by atoms with Crippen LogP contribution in [0.25, 0.3) is 11.3 Å². The van der Waals surface area contributed by atoms with Gasteiger partial charge in [0.05, 0.1) is 34.6 Å². The number of hydrogen-bond donors (Lipinski definition) is 3. The number of ether oxygens (including phenoxy) is 1. The summed E-state index contributed by atoms with van der Waals surface area (Å²) >= 11 is 12.7. The lowest BCUT2D eigenvalue weighted by Crippen LogP contribution is -2.59. The number of anilines is 1. The maximum Gasteiger partial charge on any atom is 0.291 e. The molecule has 0 unspecified atom stereocenters. The smallest absolute Gasteiger partial charge is 0.291 e. The maximum absolute atomic E-state index is 14.5. The lowest BCUT2D eigenvalue weighted by molar-refractivity contribution is -0.155. The van der Waals surface area contributed by atoms with Crippen LogP contribution in [0.1, 0.15) is 33.8 Å². The Morgan fingerprint density at radius 3 is 2.40 bits per heavy atom.